The molecule has 1 aliphatic heterocycles. The highest BCUT2D eigenvalue weighted by Crippen LogP contribution is 2.26. The molecule has 1 radical (unpaired) electrons. The van der Waals surface area contributed by atoms with Crippen molar-refractivity contribution in [2.24, 2.45) is 11.8 Å². The van der Waals surface area contributed by atoms with Crippen LogP contribution in [-0.2, 0) is 0 Å². The number of nitrogens with zero attached hydrogens (tertiary/aromatic N) is 1. The fourth-order valence-electron chi connectivity index (χ4n) is 2.84. The second-order valence-corrected chi connectivity index (χ2v) is 5.55. The average Bonchev–Trinajstić information content (AvgIpc) is 2.30. The van der Waals surface area contributed by atoms with E-state index in [0.29, 0.717) is 0 Å². The molecule has 1 saturated heterocycles. The van der Waals surface area contributed by atoms with Crippen molar-refractivity contribution >= 4 is 0 Å². The second-order valence-electron chi connectivity index (χ2n) is 5.55. The van der Waals surface area contributed by atoms with Crippen LogP contribution in [-0.4, -0.2) is 13.1 Å². The van der Waals surface area contributed by atoms with Crippen LogP contribution in [0.3, 0.4) is 0 Å². The molecule has 1 aliphatic rings. The molecule has 0 aliphatic carbocycles. The lowest BCUT2D eigenvalue weighted by Crippen LogP contribution is -2.31. The van der Waals surface area contributed by atoms with Gasteiger partial charge in [-0.25, -0.2) is 5.32 Å². The Morgan fingerprint density at radius 3 is 1.75 bits per heavy atom. The highest BCUT2D eigenvalue weighted by Gasteiger charge is 2.21. The van der Waals surface area contributed by atoms with Crippen molar-refractivity contribution in [3.05, 3.63) is 0 Å². The molecule has 0 amide bonds. The summed E-state index contributed by atoms with van der Waals surface area (Å²) in [4.78, 5) is 0. The molecule has 0 aromatic rings. The van der Waals surface area contributed by atoms with Crippen molar-refractivity contribution in [2.75, 3.05) is 13.1 Å². The standard InChI is InChI=1S/C15H30N/c1-3-5-7-9-14-11-15(13-16-12-14)10-8-6-4-2/h14-15H,3-13H2,1-2H3. The van der Waals surface area contributed by atoms with E-state index in [0.717, 1.165) is 24.9 Å². The molecule has 0 aromatic heterocycles. The van der Waals surface area contributed by atoms with E-state index >= 15 is 0 Å². The van der Waals surface area contributed by atoms with Gasteiger partial charge in [0.2, 0.25) is 0 Å². The minimum atomic E-state index is 0.923. The van der Waals surface area contributed by atoms with Crippen molar-refractivity contribution < 1.29 is 0 Å². The van der Waals surface area contributed by atoms with Crippen molar-refractivity contribution in [2.45, 2.75) is 71.6 Å². The largest absolute Gasteiger partial charge is 0.241 e. The SMILES string of the molecule is CCCCCC1C[N]CC(CCCCC)C1. The molecule has 1 fully saturated rings. The third kappa shape index (κ3) is 5.89. The van der Waals surface area contributed by atoms with Crippen molar-refractivity contribution in [3.8, 4) is 0 Å². The molecular weight excluding hydrogens is 194 g/mol. The third-order valence-corrected chi connectivity index (χ3v) is 3.87. The van der Waals surface area contributed by atoms with Gasteiger partial charge in [-0.3, -0.25) is 0 Å². The topological polar surface area (TPSA) is 14.1 Å². The van der Waals surface area contributed by atoms with E-state index in [-0.39, 0.29) is 0 Å². The Bertz CT molecular complexity index is 140. The van der Waals surface area contributed by atoms with Gasteiger partial charge in [-0.05, 0) is 31.1 Å². The van der Waals surface area contributed by atoms with E-state index < -0.39 is 0 Å². The van der Waals surface area contributed by atoms with E-state index in [1.54, 1.807) is 0 Å². The lowest BCUT2D eigenvalue weighted by atomic mass is 9.84. The Kier molecular flexibility index (Phi) is 7.92. The van der Waals surface area contributed by atoms with Crippen LogP contribution in [0, 0.1) is 11.8 Å². The normalized spacial score (nSPS) is 25.9. The van der Waals surface area contributed by atoms with Crippen LogP contribution in [0.25, 0.3) is 0 Å². The van der Waals surface area contributed by atoms with Crippen molar-refractivity contribution in [1.29, 1.82) is 0 Å². The molecule has 95 valence electrons. The fourth-order valence-corrected chi connectivity index (χ4v) is 2.84. The molecule has 1 heterocycles. The summed E-state index contributed by atoms with van der Waals surface area (Å²) in [5.41, 5.74) is 0. The Balaban J connectivity index is 2.09. The Morgan fingerprint density at radius 1 is 0.812 bits per heavy atom. The van der Waals surface area contributed by atoms with Crippen LogP contribution in [0.4, 0.5) is 0 Å². The van der Waals surface area contributed by atoms with Gasteiger partial charge in [-0.2, -0.15) is 0 Å². The van der Waals surface area contributed by atoms with Gasteiger partial charge in [0, 0.05) is 13.1 Å². The van der Waals surface area contributed by atoms with Gasteiger partial charge >= 0.3 is 0 Å². The smallest absolute Gasteiger partial charge is 0.0161 e. The van der Waals surface area contributed by atoms with Crippen LogP contribution in [0.2, 0.25) is 0 Å². The molecule has 1 heteroatoms. The lowest BCUT2D eigenvalue weighted by molar-refractivity contribution is 0.250. The van der Waals surface area contributed by atoms with E-state index in [4.69, 9.17) is 5.32 Å². The average molecular weight is 224 g/mol. The summed E-state index contributed by atoms with van der Waals surface area (Å²) >= 11 is 0. The monoisotopic (exact) mass is 224 g/mol. The number of piperidine rings is 1. The van der Waals surface area contributed by atoms with Gasteiger partial charge in [0.05, 0.1) is 0 Å². The first-order valence-corrected chi connectivity index (χ1v) is 7.50. The highest BCUT2D eigenvalue weighted by molar-refractivity contribution is 4.76. The summed E-state index contributed by atoms with van der Waals surface area (Å²) in [5, 5.41) is 4.70. The molecule has 0 bridgehead atoms. The predicted molar refractivity (Wildman–Crippen MR) is 71.7 cm³/mol. The van der Waals surface area contributed by atoms with Crippen LogP contribution in [0.1, 0.15) is 71.6 Å². The minimum Gasteiger partial charge on any atom is -0.241 e. The van der Waals surface area contributed by atoms with E-state index in [1.807, 2.05) is 0 Å². The van der Waals surface area contributed by atoms with E-state index in [1.165, 1.54) is 57.8 Å². The Labute approximate surface area is 102 Å². The summed E-state index contributed by atoms with van der Waals surface area (Å²) < 4.78 is 0. The number of unbranched alkanes of at least 4 members (excludes halogenated alkanes) is 4. The van der Waals surface area contributed by atoms with Gasteiger partial charge in [0.25, 0.3) is 0 Å². The fraction of sp³-hybridized carbons (Fsp3) is 1.00. The summed E-state index contributed by atoms with van der Waals surface area (Å²) in [6, 6.07) is 0. The van der Waals surface area contributed by atoms with Crippen LogP contribution in [0.5, 0.6) is 0 Å². The third-order valence-electron chi connectivity index (χ3n) is 3.87. The molecule has 0 spiro atoms. The van der Waals surface area contributed by atoms with Gasteiger partial charge in [0.15, 0.2) is 0 Å². The molecule has 0 N–H and O–H groups in total. The quantitative estimate of drug-likeness (QED) is 0.543. The molecule has 2 atom stereocenters. The summed E-state index contributed by atoms with van der Waals surface area (Å²) in [6.45, 7) is 6.90. The maximum absolute atomic E-state index is 4.70. The molecule has 1 nitrogen and oxygen atoms in total. The first-order chi connectivity index (χ1) is 7.86. The zero-order valence-electron chi connectivity index (χ0n) is 11.4. The number of hydrogen-bond acceptors (Lipinski definition) is 0. The van der Waals surface area contributed by atoms with E-state index in [2.05, 4.69) is 13.8 Å². The zero-order chi connectivity index (χ0) is 11.6. The maximum Gasteiger partial charge on any atom is 0.0161 e. The van der Waals surface area contributed by atoms with Crippen LogP contribution in [0.15, 0.2) is 0 Å². The summed E-state index contributed by atoms with van der Waals surface area (Å²) in [5.74, 6) is 1.85. The predicted octanol–water partition coefficient (Wildman–Crippen LogP) is 4.39. The second kappa shape index (κ2) is 9.04. The summed E-state index contributed by atoms with van der Waals surface area (Å²) in [7, 11) is 0. The Hall–Kier alpha value is -0.0400. The number of rotatable bonds is 8. The van der Waals surface area contributed by atoms with E-state index in [9.17, 15) is 0 Å². The van der Waals surface area contributed by atoms with Gasteiger partial charge in [-0.1, -0.05) is 52.4 Å². The first kappa shape index (κ1) is 14.0. The molecule has 0 saturated carbocycles. The molecular formula is C15H30N. The molecule has 0 aromatic carbocycles. The molecule has 1 rings (SSSR count). The summed E-state index contributed by atoms with van der Waals surface area (Å²) in [6.07, 6.45) is 12.7. The Morgan fingerprint density at radius 2 is 1.31 bits per heavy atom. The lowest BCUT2D eigenvalue weighted by Gasteiger charge is -2.29. The molecule has 2 unspecified atom stereocenters. The highest BCUT2D eigenvalue weighted by atomic mass is 14.9. The van der Waals surface area contributed by atoms with Gasteiger partial charge in [0.1, 0.15) is 0 Å². The maximum atomic E-state index is 4.70. The van der Waals surface area contributed by atoms with Gasteiger partial charge < -0.3 is 0 Å². The van der Waals surface area contributed by atoms with Gasteiger partial charge in [-0.15, -0.1) is 0 Å². The minimum absolute atomic E-state index is 0.923. The number of hydrogen-bond donors (Lipinski definition) is 0. The molecule has 16 heavy (non-hydrogen) atoms. The first-order valence-electron chi connectivity index (χ1n) is 7.50. The van der Waals surface area contributed by atoms with Crippen molar-refractivity contribution in [3.63, 3.8) is 0 Å². The van der Waals surface area contributed by atoms with Crippen LogP contribution >= 0.6 is 0 Å². The van der Waals surface area contributed by atoms with Crippen LogP contribution < -0.4 is 5.32 Å². The zero-order valence-corrected chi connectivity index (χ0v) is 11.4. The van der Waals surface area contributed by atoms with Crippen molar-refractivity contribution in [1.82, 2.24) is 5.32 Å².